The van der Waals surface area contributed by atoms with Gasteiger partial charge in [-0.15, -0.1) is 0 Å². The summed E-state index contributed by atoms with van der Waals surface area (Å²) in [5, 5.41) is 2.57. The van der Waals surface area contributed by atoms with Gasteiger partial charge in [-0.25, -0.2) is 4.79 Å². The summed E-state index contributed by atoms with van der Waals surface area (Å²) in [6.45, 7) is 0.906. The molecule has 1 N–H and O–H groups in total. The average Bonchev–Trinajstić information content (AvgIpc) is 2.74. The number of ether oxygens (including phenoxy) is 2. The number of nitrogens with one attached hydrogen (secondary N) is 1. The maximum atomic E-state index is 10.8. The van der Waals surface area contributed by atoms with E-state index in [2.05, 4.69) is 5.32 Å². The Balaban J connectivity index is 2.14. The van der Waals surface area contributed by atoms with Crippen LogP contribution in [0.2, 0.25) is 0 Å². The van der Waals surface area contributed by atoms with Gasteiger partial charge in [-0.05, 0) is 6.07 Å². The van der Waals surface area contributed by atoms with Crippen LogP contribution in [0.4, 0.5) is 4.79 Å². The Bertz CT molecular complexity index is 333. The van der Waals surface area contributed by atoms with E-state index in [-0.39, 0.29) is 6.10 Å². The summed E-state index contributed by atoms with van der Waals surface area (Å²) in [5.41, 5.74) is 0.911. The number of carbonyl (C=O) groups excluding carboxylic acids is 1. The molecule has 1 aliphatic rings. The summed E-state index contributed by atoms with van der Waals surface area (Å²) in [6.07, 6.45) is 0.827. The maximum Gasteiger partial charge on any atom is 0.408 e. The lowest BCUT2D eigenvalue weighted by Gasteiger charge is -2.06. The van der Waals surface area contributed by atoms with Crippen LogP contribution in [0.15, 0.2) is 16.7 Å². The lowest BCUT2D eigenvalue weighted by atomic mass is 10.2. The highest BCUT2D eigenvalue weighted by atomic mass is 16.6. The van der Waals surface area contributed by atoms with Gasteiger partial charge in [0.1, 0.15) is 0 Å². The summed E-state index contributed by atoms with van der Waals surface area (Å²) >= 11 is 0. The van der Waals surface area contributed by atoms with Crippen molar-refractivity contribution in [2.24, 2.45) is 0 Å². The Hall–Kier alpha value is -1.49. The van der Waals surface area contributed by atoms with E-state index in [1.54, 1.807) is 13.4 Å². The summed E-state index contributed by atoms with van der Waals surface area (Å²) < 4.78 is 15.2. The molecule has 2 heterocycles. The highest BCUT2D eigenvalue weighted by Gasteiger charge is 2.28. The molecule has 1 aliphatic heterocycles. The van der Waals surface area contributed by atoms with Crippen LogP contribution in [0.5, 0.6) is 0 Å². The first-order valence-electron chi connectivity index (χ1n) is 4.31. The van der Waals surface area contributed by atoms with Gasteiger partial charge in [-0.2, -0.15) is 0 Å². The molecule has 14 heavy (non-hydrogen) atoms. The monoisotopic (exact) mass is 197 g/mol. The van der Waals surface area contributed by atoms with Crippen LogP contribution in [-0.4, -0.2) is 19.7 Å². The van der Waals surface area contributed by atoms with Crippen molar-refractivity contribution in [3.8, 4) is 0 Å². The first-order chi connectivity index (χ1) is 6.81. The first kappa shape index (κ1) is 9.08. The van der Waals surface area contributed by atoms with Crippen LogP contribution in [0.1, 0.15) is 17.4 Å². The second kappa shape index (κ2) is 3.71. The molecule has 1 amide bonds. The molecule has 0 radical (unpaired) electrons. The number of carbonyl (C=O) groups is 1. The minimum absolute atomic E-state index is 0.331. The van der Waals surface area contributed by atoms with Gasteiger partial charge in [-0.1, -0.05) is 0 Å². The van der Waals surface area contributed by atoms with Crippen molar-refractivity contribution in [3.63, 3.8) is 0 Å². The predicted molar refractivity (Wildman–Crippen MR) is 46.6 cm³/mol. The van der Waals surface area contributed by atoms with E-state index < -0.39 is 6.09 Å². The molecule has 76 valence electrons. The third kappa shape index (κ3) is 1.58. The van der Waals surface area contributed by atoms with E-state index in [1.807, 2.05) is 6.07 Å². The van der Waals surface area contributed by atoms with Crippen molar-refractivity contribution in [3.05, 3.63) is 23.7 Å². The van der Waals surface area contributed by atoms with Crippen molar-refractivity contribution < 1.29 is 18.7 Å². The summed E-state index contributed by atoms with van der Waals surface area (Å²) in [6, 6.07) is 1.81. The number of hydrogen-bond donors (Lipinski definition) is 1. The van der Waals surface area contributed by atoms with E-state index in [4.69, 9.17) is 13.9 Å². The van der Waals surface area contributed by atoms with Gasteiger partial charge in [0.15, 0.2) is 11.9 Å². The minimum atomic E-state index is -0.408. The van der Waals surface area contributed by atoms with Gasteiger partial charge in [0.25, 0.3) is 0 Å². The average molecular weight is 197 g/mol. The molecule has 0 spiro atoms. The number of furan rings is 1. The minimum Gasteiger partial charge on any atom is -0.465 e. The summed E-state index contributed by atoms with van der Waals surface area (Å²) in [4.78, 5) is 10.8. The quantitative estimate of drug-likeness (QED) is 0.791. The van der Waals surface area contributed by atoms with Crippen LogP contribution < -0.4 is 5.32 Å². The smallest absolute Gasteiger partial charge is 0.408 e. The lowest BCUT2D eigenvalue weighted by molar-refractivity contribution is 0.124. The fraction of sp³-hybridized carbons (Fsp3) is 0.444. The Labute approximate surface area is 81.0 Å². The molecule has 1 aromatic rings. The van der Waals surface area contributed by atoms with Gasteiger partial charge in [0.05, 0.1) is 19.4 Å². The molecule has 0 bridgehead atoms. The number of amides is 1. The third-order valence-electron chi connectivity index (χ3n) is 2.05. The molecule has 2 rings (SSSR count). The van der Waals surface area contributed by atoms with Crippen molar-refractivity contribution >= 4 is 6.09 Å². The highest BCUT2D eigenvalue weighted by Crippen LogP contribution is 2.25. The number of cyclic esters (lactones) is 1. The van der Waals surface area contributed by atoms with Gasteiger partial charge >= 0.3 is 6.09 Å². The zero-order chi connectivity index (χ0) is 9.97. The second-order valence-electron chi connectivity index (χ2n) is 3.02. The van der Waals surface area contributed by atoms with E-state index in [1.165, 1.54) is 0 Å². The third-order valence-corrected chi connectivity index (χ3v) is 2.05. The molecular formula is C9H11NO4. The normalized spacial score (nSPS) is 20.6. The molecule has 1 atom stereocenters. The number of rotatable bonds is 3. The Morgan fingerprint density at radius 1 is 1.71 bits per heavy atom. The van der Waals surface area contributed by atoms with Crippen LogP contribution >= 0.6 is 0 Å². The zero-order valence-electron chi connectivity index (χ0n) is 7.78. The highest BCUT2D eigenvalue weighted by molar-refractivity contribution is 5.69. The van der Waals surface area contributed by atoms with E-state index in [0.29, 0.717) is 18.9 Å². The molecule has 0 aliphatic carbocycles. The van der Waals surface area contributed by atoms with Crippen molar-refractivity contribution in [2.45, 2.75) is 12.7 Å². The van der Waals surface area contributed by atoms with E-state index in [0.717, 1.165) is 5.56 Å². The molecule has 0 saturated carbocycles. The van der Waals surface area contributed by atoms with Crippen LogP contribution in [0.3, 0.4) is 0 Å². The number of methoxy groups -OCH3 is 1. The zero-order valence-corrected chi connectivity index (χ0v) is 7.78. The van der Waals surface area contributed by atoms with Gasteiger partial charge in [0, 0.05) is 12.7 Å². The van der Waals surface area contributed by atoms with Gasteiger partial charge in [-0.3, -0.25) is 0 Å². The Morgan fingerprint density at radius 3 is 3.21 bits per heavy atom. The van der Waals surface area contributed by atoms with Gasteiger partial charge in [0.2, 0.25) is 0 Å². The van der Waals surface area contributed by atoms with Crippen molar-refractivity contribution in [1.82, 2.24) is 5.32 Å². The van der Waals surface area contributed by atoms with E-state index in [9.17, 15) is 4.79 Å². The Morgan fingerprint density at radius 2 is 2.57 bits per heavy atom. The standard InChI is InChI=1S/C9H11NO4/c1-12-5-6-2-3-13-8(6)7-4-10-9(11)14-7/h2-3,7H,4-5H2,1H3,(H,10,11). The second-order valence-corrected chi connectivity index (χ2v) is 3.02. The van der Waals surface area contributed by atoms with Crippen LogP contribution in [0.25, 0.3) is 0 Å². The Kier molecular flexibility index (Phi) is 2.41. The molecule has 1 saturated heterocycles. The molecular weight excluding hydrogens is 186 g/mol. The molecule has 5 nitrogen and oxygen atoms in total. The lowest BCUT2D eigenvalue weighted by Crippen LogP contribution is -2.12. The maximum absolute atomic E-state index is 10.8. The molecule has 1 fully saturated rings. The SMILES string of the molecule is COCc1ccoc1C1CNC(=O)O1. The fourth-order valence-corrected chi connectivity index (χ4v) is 1.44. The van der Waals surface area contributed by atoms with Crippen molar-refractivity contribution in [1.29, 1.82) is 0 Å². The summed E-state index contributed by atoms with van der Waals surface area (Å²) in [5.74, 6) is 0.658. The number of alkyl carbamates (subject to hydrolysis) is 1. The molecule has 1 unspecified atom stereocenters. The summed E-state index contributed by atoms with van der Waals surface area (Å²) in [7, 11) is 1.61. The van der Waals surface area contributed by atoms with Gasteiger partial charge < -0.3 is 19.2 Å². The largest absolute Gasteiger partial charge is 0.465 e. The molecule has 5 heteroatoms. The van der Waals surface area contributed by atoms with Crippen LogP contribution in [-0.2, 0) is 16.1 Å². The molecule has 0 aromatic carbocycles. The van der Waals surface area contributed by atoms with Crippen LogP contribution in [0, 0.1) is 0 Å². The first-order valence-corrected chi connectivity index (χ1v) is 4.31. The van der Waals surface area contributed by atoms with E-state index >= 15 is 0 Å². The predicted octanol–water partition coefficient (Wildman–Crippen LogP) is 1.21. The molecule has 1 aromatic heterocycles. The fourth-order valence-electron chi connectivity index (χ4n) is 1.44. The topological polar surface area (TPSA) is 60.7 Å². The number of hydrogen-bond acceptors (Lipinski definition) is 4. The van der Waals surface area contributed by atoms with Crippen molar-refractivity contribution in [2.75, 3.05) is 13.7 Å².